The van der Waals surface area contributed by atoms with Crippen molar-refractivity contribution < 1.29 is 9.84 Å². The van der Waals surface area contributed by atoms with Crippen molar-refractivity contribution in [2.24, 2.45) is 11.8 Å². The van der Waals surface area contributed by atoms with Gasteiger partial charge in [-0.05, 0) is 43.1 Å². The molecule has 2 nitrogen and oxygen atoms in total. The summed E-state index contributed by atoms with van der Waals surface area (Å²) in [6, 6.07) is 10.3. The Morgan fingerprint density at radius 3 is 2.35 bits per heavy atom. The lowest BCUT2D eigenvalue weighted by Gasteiger charge is -2.32. The number of aliphatic hydroxyl groups is 1. The van der Waals surface area contributed by atoms with Crippen molar-refractivity contribution in [3.05, 3.63) is 35.9 Å². The molecule has 2 bridgehead atoms. The van der Waals surface area contributed by atoms with E-state index in [1.807, 2.05) is 18.2 Å². The number of ether oxygens (including phenoxy) is 1. The normalized spacial score (nSPS) is 36.1. The van der Waals surface area contributed by atoms with E-state index in [4.69, 9.17) is 4.74 Å². The standard InChI is InChI=1S/C15H20O2/c16-15-12-6-7-13(15)9-14(8-12)17-10-11-4-2-1-3-5-11/h1-5,12-16H,6-10H2/t12-,13+,14-,15?. The summed E-state index contributed by atoms with van der Waals surface area (Å²) in [5.41, 5.74) is 1.24. The zero-order chi connectivity index (χ0) is 11.7. The second kappa shape index (κ2) is 4.79. The van der Waals surface area contributed by atoms with Gasteiger partial charge in [-0.25, -0.2) is 0 Å². The van der Waals surface area contributed by atoms with E-state index in [1.165, 1.54) is 18.4 Å². The molecule has 0 aliphatic heterocycles. The first-order chi connectivity index (χ1) is 8.33. The summed E-state index contributed by atoms with van der Waals surface area (Å²) in [5, 5.41) is 9.96. The molecule has 2 heteroatoms. The summed E-state index contributed by atoms with van der Waals surface area (Å²) in [6.45, 7) is 0.709. The van der Waals surface area contributed by atoms with E-state index in [0.29, 0.717) is 24.5 Å². The molecule has 92 valence electrons. The van der Waals surface area contributed by atoms with Crippen LogP contribution in [0, 0.1) is 11.8 Å². The van der Waals surface area contributed by atoms with Gasteiger partial charge in [-0.1, -0.05) is 30.3 Å². The molecule has 0 heterocycles. The molecule has 2 aliphatic carbocycles. The van der Waals surface area contributed by atoms with Crippen molar-refractivity contribution in [3.8, 4) is 0 Å². The molecule has 17 heavy (non-hydrogen) atoms. The number of rotatable bonds is 3. The van der Waals surface area contributed by atoms with Crippen LogP contribution in [0.25, 0.3) is 0 Å². The van der Waals surface area contributed by atoms with Crippen molar-refractivity contribution >= 4 is 0 Å². The summed E-state index contributed by atoms with van der Waals surface area (Å²) in [4.78, 5) is 0. The van der Waals surface area contributed by atoms with Gasteiger partial charge in [-0.15, -0.1) is 0 Å². The van der Waals surface area contributed by atoms with E-state index < -0.39 is 0 Å². The molecule has 2 fully saturated rings. The fraction of sp³-hybridized carbons (Fsp3) is 0.600. The molecule has 3 rings (SSSR count). The quantitative estimate of drug-likeness (QED) is 0.868. The molecule has 0 saturated heterocycles. The van der Waals surface area contributed by atoms with Crippen LogP contribution in [0.4, 0.5) is 0 Å². The van der Waals surface area contributed by atoms with Crippen molar-refractivity contribution in [2.45, 2.75) is 44.5 Å². The van der Waals surface area contributed by atoms with Crippen LogP contribution in [0.15, 0.2) is 30.3 Å². The molecule has 2 saturated carbocycles. The maximum Gasteiger partial charge on any atom is 0.0720 e. The Hall–Kier alpha value is -0.860. The minimum atomic E-state index is -0.0495. The minimum absolute atomic E-state index is 0.0495. The van der Waals surface area contributed by atoms with E-state index in [1.54, 1.807) is 0 Å². The summed E-state index contributed by atoms with van der Waals surface area (Å²) in [6.07, 6.45) is 4.78. The summed E-state index contributed by atoms with van der Waals surface area (Å²) < 4.78 is 5.99. The monoisotopic (exact) mass is 232 g/mol. The Balaban J connectivity index is 1.54. The number of benzene rings is 1. The number of fused-ring (bicyclic) bond motifs is 2. The van der Waals surface area contributed by atoms with Gasteiger partial charge in [0.05, 0.1) is 18.8 Å². The van der Waals surface area contributed by atoms with Crippen molar-refractivity contribution in [1.29, 1.82) is 0 Å². The first-order valence-electron chi connectivity index (χ1n) is 6.66. The van der Waals surface area contributed by atoms with Gasteiger partial charge in [0.1, 0.15) is 0 Å². The van der Waals surface area contributed by atoms with Crippen LogP contribution in [0.5, 0.6) is 0 Å². The SMILES string of the molecule is OC1[C@@H]2CC[C@H]1C[C@H](OCc1ccccc1)C2. The third kappa shape index (κ3) is 2.38. The molecule has 1 N–H and O–H groups in total. The fourth-order valence-electron chi connectivity index (χ4n) is 3.37. The molecule has 0 aromatic heterocycles. The van der Waals surface area contributed by atoms with Gasteiger partial charge in [0.2, 0.25) is 0 Å². The van der Waals surface area contributed by atoms with E-state index in [-0.39, 0.29) is 6.10 Å². The third-order valence-corrected chi connectivity index (χ3v) is 4.33. The second-order valence-electron chi connectivity index (χ2n) is 5.48. The zero-order valence-electron chi connectivity index (χ0n) is 10.1. The van der Waals surface area contributed by atoms with Crippen LogP contribution in [-0.2, 0) is 11.3 Å². The Bertz CT molecular complexity index is 348. The van der Waals surface area contributed by atoms with Gasteiger partial charge in [0.15, 0.2) is 0 Å². The van der Waals surface area contributed by atoms with Crippen LogP contribution in [0.1, 0.15) is 31.2 Å². The lowest BCUT2D eigenvalue weighted by Crippen LogP contribution is -2.34. The molecular formula is C15H20O2. The lowest BCUT2D eigenvalue weighted by atomic mass is 9.84. The Labute approximate surface area is 103 Å². The molecule has 1 aromatic rings. The first kappa shape index (κ1) is 11.2. The van der Waals surface area contributed by atoms with Crippen LogP contribution in [0.3, 0.4) is 0 Å². The fourth-order valence-corrected chi connectivity index (χ4v) is 3.37. The Morgan fingerprint density at radius 2 is 1.71 bits per heavy atom. The maximum atomic E-state index is 9.96. The number of hydrogen-bond acceptors (Lipinski definition) is 2. The second-order valence-corrected chi connectivity index (χ2v) is 5.48. The smallest absolute Gasteiger partial charge is 0.0720 e. The van der Waals surface area contributed by atoms with Gasteiger partial charge in [-0.2, -0.15) is 0 Å². The average molecular weight is 232 g/mol. The number of aliphatic hydroxyl groups excluding tert-OH is 1. The molecule has 1 aromatic carbocycles. The zero-order valence-corrected chi connectivity index (χ0v) is 10.1. The molecular weight excluding hydrogens is 212 g/mol. The van der Waals surface area contributed by atoms with Crippen molar-refractivity contribution in [3.63, 3.8) is 0 Å². The summed E-state index contributed by atoms with van der Waals surface area (Å²) in [5.74, 6) is 0.990. The highest BCUT2D eigenvalue weighted by molar-refractivity contribution is 5.13. The first-order valence-corrected chi connectivity index (χ1v) is 6.66. The van der Waals surface area contributed by atoms with Gasteiger partial charge in [0.25, 0.3) is 0 Å². The predicted octanol–water partition coefficient (Wildman–Crippen LogP) is 2.75. The topological polar surface area (TPSA) is 29.5 Å². The minimum Gasteiger partial charge on any atom is -0.393 e. The highest BCUT2D eigenvalue weighted by Crippen LogP contribution is 2.43. The predicted molar refractivity (Wildman–Crippen MR) is 66.5 cm³/mol. The summed E-state index contributed by atoms with van der Waals surface area (Å²) in [7, 11) is 0. The van der Waals surface area contributed by atoms with Gasteiger partial charge < -0.3 is 9.84 Å². The van der Waals surface area contributed by atoms with E-state index in [9.17, 15) is 5.11 Å². The van der Waals surface area contributed by atoms with Crippen LogP contribution >= 0.6 is 0 Å². The lowest BCUT2D eigenvalue weighted by molar-refractivity contribution is -0.0470. The Morgan fingerprint density at radius 1 is 1.06 bits per heavy atom. The highest BCUT2D eigenvalue weighted by atomic mass is 16.5. The van der Waals surface area contributed by atoms with Crippen LogP contribution in [-0.4, -0.2) is 17.3 Å². The van der Waals surface area contributed by atoms with Gasteiger partial charge in [-0.3, -0.25) is 0 Å². The van der Waals surface area contributed by atoms with E-state index in [2.05, 4.69) is 12.1 Å². The van der Waals surface area contributed by atoms with Crippen LogP contribution in [0.2, 0.25) is 0 Å². The molecule has 1 unspecified atom stereocenters. The molecule has 4 atom stereocenters. The van der Waals surface area contributed by atoms with Crippen LogP contribution < -0.4 is 0 Å². The van der Waals surface area contributed by atoms with Gasteiger partial charge in [0, 0.05) is 0 Å². The highest BCUT2D eigenvalue weighted by Gasteiger charge is 2.41. The van der Waals surface area contributed by atoms with Crippen molar-refractivity contribution in [2.75, 3.05) is 0 Å². The van der Waals surface area contributed by atoms with Crippen molar-refractivity contribution in [1.82, 2.24) is 0 Å². The third-order valence-electron chi connectivity index (χ3n) is 4.33. The maximum absolute atomic E-state index is 9.96. The number of hydrogen-bond donors (Lipinski definition) is 1. The Kier molecular flexibility index (Phi) is 3.17. The molecule has 2 aliphatic rings. The average Bonchev–Trinajstić information content (AvgIpc) is 2.61. The molecule has 0 spiro atoms. The molecule has 0 amide bonds. The van der Waals surface area contributed by atoms with E-state index in [0.717, 1.165) is 12.8 Å². The van der Waals surface area contributed by atoms with E-state index >= 15 is 0 Å². The molecule has 0 radical (unpaired) electrons. The van der Waals surface area contributed by atoms with Gasteiger partial charge >= 0.3 is 0 Å². The summed E-state index contributed by atoms with van der Waals surface area (Å²) >= 11 is 0. The largest absolute Gasteiger partial charge is 0.393 e.